The number of carbonyl (C=O) groups excluding carboxylic acids is 1. The molecule has 1 heterocycles. The number of nitrogens with zero attached hydrogens (tertiary/aromatic N) is 1. The summed E-state index contributed by atoms with van der Waals surface area (Å²) in [7, 11) is 1.64. The smallest absolute Gasteiger partial charge is 0.265 e. The molecule has 1 saturated carbocycles. The van der Waals surface area contributed by atoms with Crippen LogP contribution in [-0.2, 0) is 6.54 Å². The maximum absolute atomic E-state index is 12.6. The van der Waals surface area contributed by atoms with Crippen molar-refractivity contribution >= 4 is 35.3 Å². The summed E-state index contributed by atoms with van der Waals surface area (Å²) in [6.07, 6.45) is 5.70. The number of aromatic nitrogens is 1. The molecule has 1 aromatic heterocycles. The van der Waals surface area contributed by atoms with Gasteiger partial charge in [-0.3, -0.25) is 4.79 Å². The van der Waals surface area contributed by atoms with Crippen molar-refractivity contribution < 1.29 is 9.53 Å². The van der Waals surface area contributed by atoms with Crippen LogP contribution in [0.3, 0.4) is 0 Å². The zero-order chi connectivity index (χ0) is 17.8. The van der Waals surface area contributed by atoms with Gasteiger partial charge >= 0.3 is 0 Å². The molecule has 1 aliphatic carbocycles. The second kappa shape index (κ2) is 8.01. The van der Waals surface area contributed by atoms with E-state index in [1.54, 1.807) is 7.11 Å². The number of amides is 1. The summed E-state index contributed by atoms with van der Waals surface area (Å²) in [6.45, 7) is 0.544. The molecular weight excluding hydrogens is 354 g/mol. The number of nitrogens with one attached hydrogen (secondary N) is 1. The number of hydrogen-bond acceptors (Lipinski definition) is 5. The topological polar surface area (TPSA) is 69.3 Å². The third-order valence-electron chi connectivity index (χ3n) is 4.58. The van der Waals surface area contributed by atoms with Crippen LogP contribution < -0.4 is 15.8 Å². The average Bonchev–Trinajstić information content (AvgIpc) is 2.91. The third kappa shape index (κ3) is 4.22. The molecule has 0 aliphatic heterocycles. The first-order chi connectivity index (χ1) is 12.1. The van der Waals surface area contributed by atoms with Gasteiger partial charge in [0.05, 0.1) is 13.7 Å². The minimum Gasteiger partial charge on any atom is -0.497 e. The highest BCUT2D eigenvalue weighted by atomic mass is 32.1. The molecule has 5 nitrogen and oxygen atoms in total. The van der Waals surface area contributed by atoms with Crippen LogP contribution in [0.5, 0.6) is 5.75 Å². The first-order valence-corrected chi connectivity index (χ1v) is 9.74. The van der Waals surface area contributed by atoms with Crippen molar-refractivity contribution in [3.05, 3.63) is 38.7 Å². The Labute approximate surface area is 156 Å². The van der Waals surface area contributed by atoms with Gasteiger partial charge in [0.1, 0.15) is 16.4 Å². The Bertz CT molecular complexity index is 790. The van der Waals surface area contributed by atoms with Crippen molar-refractivity contribution in [3.8, 4) is 5.75 Å². The summed E-state index contributed by atoms with van der Waals surface area (Å²) in [4.78, 5) is 13.1. The van der Waals surface area contributed by atoms with Crippen molar-refractivity contribution in [1.29, 1.82) is 0 Å². The highest BCUT2D eigenvalue weighted by Crippen LogP contribution is 2.25. The van der Waals surface area contributed by atoms with Crippen molar-refractivity contribution in [2.45, 2.75) is 44.7 Å². The van der Waals surface area contributed by atoms with Gasteiger partial charge in [0, 0.05) is 6.04 Å². The first-order valence-electron chi connectivity index (χ1n) is 8.51. The van der Waals surface area contributed by atoms with Gasteiger partial charge in [-0.1, -0.05) is 42.7 Å². The lowest BCUT2D eigenvalue weighted by atomic mass is 9.95. The molecule has 134 valence electrons. The number of thiazole rings is 1. The minimum atomic E-state index is -0.103. The van der Waals surface area contributed by atoms with Crippen LogP contribution >= 0.6 is 23.6 Å². The van der Waals surface area contributed by atoms with Crippen molar-refractivity contribution in [3.63, 3.8) is 0 Å². The van der Waals surface area contributed by atoms with E-state index >= 15 is 0 Å². The third-order valence-corrected chi connectivity index (χ3v) is 6.04. The molecule has 25 heavy (non-hydrogen) atoms. The number of carbonyl (C=O) groups is 1. The van der Waals surface area contributed by atoms with Crippen LogP contribution in [0.1, 0.15) is 47.3 Å². The van der Waals surface area contributed by atoms with Crippen molar-refractivity contribution in [1.82, 2.24) is 9.88 Å². The maximum atomic E-state index is 12.6. The fourth-order valence-electron chi connectivity index (χ4n) is 3.14. The fraction of sp³-hybridized carbons (Fsp3) is 0.444. The quantitative estimate of drug-likeness (QED) is 0.773. The number of methoxy groups -OCH3 is 1. The molecule has 3 N–H and O–H groups in total. The SMILES string of the molecule is COc1ccc(Cn2c(N)c(C(=O)NC3CCCCC3)sc2=S)cc1. The van der Waals surface area contributed by atoms with Crippen LogP contribution in [0.25, 0.3) is 0 Å². The van der Waals surface area contributed by atoms with E-state index in [4.69, 9.17) is 22.7 Å². The number of benzene rings is 1. The molecule has 1 amide bonds. The lowest BCUT2D eigenvalue weighted by Gasteiger charge is -2.22. The van der Waals surface area contributed by atoms with E-state index in [9.17, 15) is 4.79 Å². The normalized spacial score (nSPS) is 15.1. The predicted molar refractivity (Wildman–Crippen MR) is 104 cm³/mol. The molecule has 1 fully saturated rings. The van der Waals surface area contributed by atoms with Gasteiger partial charge in [-0.2, -0.15) is 0 Å². The number of anilines is 1. The monoisotopic (exact) mass is 377 g/mol. The molecule has 1 aliphatic rings. The van der Waals surface area contributed by atoms with E-state index in [0.29, 0.717) is 21.2 Å². The fourth-order valence-corrected chi connectivity index (χ4v) is 4.37. The average molecular weight is 378 g/mol. The number of ether oxygens (including phenoxy) is 1. The molecule has 0 bridgehead atoms. The van der Waals surface area contributed by atoms with Crippen LogP contribution in [-0.4, -0.2) is 23.6 Å². The van der Waals surface area contributed by atoms with Crippen LogP contribution in [0.4, 0.5) is 5.82 Å². The Morgan fingerprint density at radius 2 is 2.00 bits per heavy atom. The molecule has 0 unspecified atom stereocenters. The van der Waals surface area contributed by atoms with Crippen LogP contribution in [0, 0.1) is 3.95 Å². The van der Waals surface area contributed by atoms with Crippen LogP contribution in [0.2, 0.25) is 0 Å². The summed E-state index contributed by atoms with van der Waals surface area (Å²) in [5.74, 6) is 1.14. The lowest BCUT2D eigenvalue weighted by molar-refractivity contribution is 0.0932. The zero-order valence-corrected chi connectivity index (χ0v) is 15.9. The Kier molecular flexibility index (Phi) is 5.75. The molecule has 2 aromatic rings. The van der Waals surface area contributed by atoms with Crippen molar-refractivity contribution in [2.24, 2.45) is 0 Å². The highest BCUT2D eigenvalue weighted by molar-refractivity contribution is 7.73. The Balaban J connectivity index is 1.75. The largest absolute Gasteiger partial charge is 0.497 e. The van der Waals surface area contributed by atoms with E-state index in [1.165, 1.54) is 30.6 Å². The Morgan fingerprint density at radius 3 is 2.64 bits per heavy atom. The molecule has 0 spiro atoms. The second-order valence-electron chi connectivity index (χ2n) is 6.32. The number of nitrogen functional groups attached to an aromatic ring is 1. The van der Waals surface area contributed by atoms with Gasteiger partial charge in [-0.25, -0.2) is 0 Å². The molecule has 0 atom stereocenters. The molecule has 0 radical (unpaired) electrons. The minimum absolute atomic E-state index is 0.103. The summed E-state index contributed by atoms with van der Waals surface area (Å²) < 4.78 is 7.60. The van der Waals surface area contributed by atoms with E-state index < -0.39 is 0 Å². The van der Waals surface area contributed by atoms with Crippen molar-refractivity contribution in [2.75, 3.05) is 12.8 Å². The summed E-state index contributed by atoms with van der Waals surface area (Å²) in [6, 6.07) is 8.00. The zero-order valence-electron chi connectivity index (χ0n) is 14.3. The Hall–Kier alpha value is -1.86. The summed E-state index contributed by atoms with van der Waals surface area (Å²) in [5, 5.41) is 3.11. The lowest BCUT2D eigenvalue weighted by Crippen LogP contribution is -2.36. The van der Waals surface area contributed by atoms with Gasteiger partial charge in [0.15, 0.2) is 3.95 Å². The first kappa shape index (κ1) is 17.9. The number of rotatable bonds is 5. The summed E-state index contributed by atoms with van der Waals surface area (Å²) in [5.41, 5.74) is 7.29. The van der Waals surface area contributed by atoms with E-state index in [-0.39, 0.29) is 11.9 Å². The van der Waals surface area contributed by atoms with Gasteiger partial charge in [0.2, 0.25) is 0 Å². The van der Waals surface area contributed by atoms with Gasteiger partial charge in [-0.05, 0) is 42.8 Å². The molecular formula is C18H23N3O2S2. The van der Waals surface area contributed by atoms with Gasteiger partial charge in [0.25, 0.3) is 5.91 Å². The van der Waals surface area contributed by atoms with E-state index in [2.05, 4.69) is 5.32 Å². The molecule has 0 saturated heterocycles. The highest BCUT2D eigenvalue weighted by Gasteiger charge is 2.21. The second-order valence-corrected chi connectivity index (χ2v) is 7.97. The van der Waals surface area contributed by atoms with Gasteiger partial charge < -0.3 is 20.4 Å². The number of nitrogens with two attached hydrogens (primary N) is 1. The molecule has 1 aromatic carbocycles. The maximum Gasteiger partial charge on any atom is 0.265 e. The standard InChI is InChI=1S/C18H23N3O2S2/c1-23-14-9-7-12(8-10-14)11-21-16(19)15(25-18(21)24)17(22)20-13-5-3-2-4-6-13/h7-10,13H,2-6,11,19H2,1H3,(H,20,22). The Morgan fingerprint density at radius 1 is 1.32 bits per heavy atom. The molecule has 7 heteroatoms. The molecule has 3 rings (SSSR count). The van der Waals surface area contributed by atoms with Crippen LogP contribution in [0.15, 0.2) is 24.3 Å². The van der Waals surface area contributed by atoms with Gasteiger partial charge in [-0.15, -0.1) is 0 Å². The van der Waals surface area contributed by atoms with E-state index in [1.807, 2.05) is 28.8 Å². The predicted octanol–water partition coefficient (Wildman–Crippen LogP) is 3.98. The summed E-state index contributed by atoms with van der Waals surface area (Å²) >= 11 is 6.71. The number of hydrogen-bond donors (Lipinski definition) is 2. The van der Waals surface area contributed by atoms with E-state index in [0.717, 1.165) is 24.2 Å².